The van der Waals surface area contributed by atoms with Gasteiger partial charge in [0.25, 0.3) is 0 Å². The van der Waals surface area contributed by atoms with Crippen LogP contribution >= 0.6 is 11.6 Å². The van der Waals surface area contributed by atoms with Crippen LogP contribution in [0.3, 0.4) is 0 Å². The summed E-state index contributed by atoms with van der Waals surface area (Å²) in [7, 11) is 0. The monoisotopic (exact) mass is 453 g/mol. The van der Waals surface area contributed by atoms with E-state index in [9.17, 15) is 9.90 Å². The first-order chi connectivity index (χ1) is 15.0. The van der Waals surface area contributed by atoms with Crippen molar-refractivity contribution in [3.8, 4) is 11.1 Å². The van der Waals surface area contributed by atoms with Gasteiger partial charge in [0.2, 0.25) is 6.54 Å². The standard InChI is InChI=1S/C25H28ClN3O3/c1-14-16(3)29(13-12-27-7)23-19(14)21(17-8-10-18(26)11-9-17)20(15(2)28-23)22(24(30)31)32-25(4,5)6/h8-11,22H,12-13H2,1-6H3,(H,30,31)/t22-/m1/s1. The molecule has 7 heteroatoms. The van der Waals surface area contributed by atoms with E-state index in [4.69, 9.17) is 27.9 Å². The van der Waals surface area contributed by atoms with Crippen molar-refractivity contribution >= 4 is 28.6 Å². The Morgan fingerprint density at radius 1 is 1.25 bits per heavy atom. The number of fused-ring (bicyclic) bond motifs is 1. The molecule has 2 aromatic heterocycles. The molecule has 0 bridgehead atoms. The molecule has 0 fully saturated rings. The summed E-state index contributed by atoms with van der Waals surface area (Å²) in [6, 6.07) is 7.37. The van der Waals surface area contributed by atoms with E-state index >= 15 is 0 Å². The molecule has 1 atom stereocenters. The van der Waals surface area contributed by atoms with Gasteiger partial charge in [-0.15, -0.1) is 0 Å². The fourth-order valence-corrected chi connectivity index (χ4v) is 4.17. The molecule has 0 amide bonds. The van der Waals surface area contributed by atoms with E-state index in [0.717, 1.165) is 33.4 Å². The van der Waals surface area contributed by atoms with Gasteiger partial charge in [-0.2, -0.15) is 0 Å². The molecule has 0 saturated carbocycles. The number of nitrogens with zero attached hydrogens (tertiary/aromatic N) is 3. The smallest absolute Gasteiger partial charge is 0.337 e. The SMILES string of the molecule is [C-]#[N+]CCn1c(C)c(C)c2c(-c3ccc(Cl)cc3)c([C@@H](OC(C)(C)C)C(=O)O)c(C)nc21. The number of aliphatic carboxylic acids is 1. The second kappa shape index (κ2) is 8.93. The summed E-state index contributed by atoms with van der Waals surface area (Å²) in [5.74, 6) is -1.07. The van der Waals surface area contributed by atoms with E-state index in [0.29, 0.717) is 29.4 Å². The van der Waals surface area contributed by atoms with Crippen molar-refractivity contribution in [2.24, 2.45) is 0 Å². The Hall–Kier alpha value is -2.88. The van der Waals surface area contributed by atoms with Gasteiger partial charge >= 0.3 is 5.97 Å². The van der Waals surface area contributed by atoms with Gasteiger partial charge in [0.15, 0.2) is 6.10 Å². The Bertz CT molecular complexity index is 1210. The van der Waals surface area contributed by atoms with Gasteiger partial charge in [-0.25, -0.2) is 16.4 Å². The Morgan fingerprint density at radius 2 is 1.88 bits per heavy atom. The molecule has 32 heavy (non-hydrogen) atoms. The number of hydrogen-bond donors (Lipinski definition) is 1. The lowest BCUT2D eigenvalue weighted by molar-refractivity contribution is -0.160. The van der Waals surface area contributed by atoms with Crippen LogP contribution in [0.25, 0.3) is 27.0 Å². The first kappa shape index (κ1) is 23.8. The zero-order valence-corrected chi connectivity index (χ0v) is 20.0. The number of carbonyl (C=O) groups is 1. The van der Waals surface area contributed by atoms with E-state index in [1.807, 2.05) is 58.2 Å². The predicted molar refractivity (Wildman–Crippen MR) is 127 cm³/mol. The van der Waals surface area contributed by atoms with Gasteiger partial charge in [0.05, 0.1) is 12.1 Å². The average molecular weight is 454 g/mol. The Balaban J connectivity index is 2.46. The number of halogens is 1. The average Bonchev–Trinajstić information content (AvgIpc) is 2.93. The number of hydrogen-bond acceptors (Lipinski definition) is 3. The van der Waals surface area contributed by atoms with Crippen LogP contribution in [0.2, 0.25) is 5.02 Å². The number of aromatic nitrogens is 2. The highest BCUT2D eigenvalue weighted by Gasteiger charge is 2.33. The zero-order valence-electron chi connectivity index (χ0n) is 19.3. The molecular formula is C25H28ClN3O3. The number of rotatable bonds is 6. The quantitative estimate of drug-likeness (QED) is 0.455. The van der Waals surface area contributed by atoms with Crippen molar-refractivity contribution in [1.29, 1.82) is 0 Å². The summed E-state index contributed by atoms with van der Waals surface area (Å²) in [5, 5.41) is 11.6. The molecule has 1 aromatic carbocycles. The molecule has 0 radical (unpaired) electrons. The van der Waals surface area contributed by atoms with Crippen molar-refractivity contribution in [2.45, 2.75) is 59.8 Å². The lowest BCUT2D eigenvalue weighted by Gasteiger charge is -2.28. The Morgan fingerprint density at radius 3 is 2.41 bits per heavy atom. The van der Waals surface area contributed by atoms with Crippen molar-refractivity contribution < 1.29 is 14.6 Å². The second-order valence-electron chi connectivity index (χ2n) is 8.88. The van der Waals surface area contributed by atoms with E-state index < -0.39 is 17.7 Å². The third kappa shape index (κ3) is 4.50. The normalized spacial score (nSPS) is 12.7. The van der Waals surface area contributed by atoms with Crippen molar-refractivity contribution in [3.63, 3.8) is 0 Å². The van der Waals surface area contributed by atoms with Gasteiger partial charge in [0, 0.05) is 32.9 Å². The van der Waals surface area contributed by atoms with Crippen LogP contribution in [0, 0.1) is 27.3 Å². The van der Waals surface area contributed by atoms with Crippen LogP contribution < -0.4 is 0 Å². The molecular weight excluding hydrogens is 426 g/mol. The van der Waals surface area contributed by atoms with Crippen LogP contribution in [0.15, 0.2) is 24.3 Å². The predicted octanol–water partition coefficient (Wildman–Crippen LogP) is 6.14. The lowest BCUT2D eigenvalue weighted by Crippen LogP contribution is -2.28. The van der Waals surface area contributed by atoms with Gasteiger partial charge in [-0.05, 0) is 64.8 Å². The first-order valence-electron chi connectivity index (χ1n) is 10.5. The number of carboxylic acids is 1. The molecule has 3 aromatic rings. The molecule has 6 nitrogen and oxygen atoms in total. The summed E-state index contributed by atoms with van der Waals surface area (Å²) < 4.78 is 8.07. The highest BCUT2D eigenvalue weighted by molar-refractivity contribution is 6.30. The molecule has 3 rings (SSSR count). The summed E-state index contributed by atoms with van der Waals surface area (Å²) in [6.45, 7) is 19.4. The molecule has 0 aliphatic heterocycles. The number of aryl methyl sites for hydroxylation is 2. The Labute approximate surface area is 193 Å². The number of benzene rings is 1. The summed E-state index contributed by atoms with van der Waals surface area (Å²) in [4.78, 5) is 20.7. The molecule has 1 N–H and O–H groups in total. The second-order valence-corrected chi connectivity index (χ2v) is 9.32. The largest absolute Gasteiger partial charge is 0.479 e. The van der Waals surface area contributed by atoms with Crippen LogP contribution in [0.4, 0.5) is 0 Å². The van der Waals surface area contributed by atoms with Crippen molar-refractivity contribution in [1.82, 2.24) is 9.55 Å². The molecule has 2 heterocycles. The van der Waals surface area contributed by atoms with Crippen LogP contribution in [-0.2, 0) is 16.1 Å². The highest BCUT2D eigenvalue weighted by atomic mass is 35.5. The van der Waals surface area contributed by atoms with Gasteiger partial charge in [-0.1, -0.05) is 23.7 Å². The number of ether oxygens (including phenoxy) is 1. The number of pyridine rings is 1. The lowest BCUT2D eigenvalue weighted by atomic mass is 9.91. The van der Waals surface area contributed by atoms with Gasteiger partial charge < -0.3 is 19.3 Å². The van der Waals surface area contributed by atoms with Crippen LogP contribution in [0.1, 0.15) is 49.4 Å². The van der Waals surface area contributed by atoms with Crippen LogP contribution in [-0.4, -0.2) is 32.8 Å². The first-order valence-corrected chi connectivity index (χ1v) is 10.8. The van der Waals surface area contributed by atoms with Gasteiger partial charge in [-0.3, -0.25) is 0 Å². The topological polar surface area (TPSA) is 68.7 Å². The molecule has 0 saturated heterocycles. The van der Waals surface area contributed by atoms with E-state index in [-0.39, 0.29) is 0 Å². The minimum Gasteiger partial charge on any atom is -0.479 e. The maximum atomic E-state index is 12.4. The number of carboxylic acid groups (broad SMARTS) is 1. The van der Waals surface area contributed by atoms with Gasteiger partial charge in [0.1, 0.15) is 5.65 Å². The van der Waals surface area contributed by atoms with Crippen LogP contribution in [0.5, 0.6) is 0 Å². The maximum Gasteiger partial charge on any atom is 0.337 e. The van der Waals surface area contributed by atoms with Crippen molar-refractivity contribution in [3.05, 3.63) is 63.2 Å². The maximum absolute atomic E-state index is 12.4. The third-order valence-electron chi connectivity index (χ3n) is 5.51. The third-order valence-corrected chi connectivity index (χ3v) is 5.76. The minimum atomic E-state index is -1.19. The fraction of sp³-hybridized carbons (Fsp3) is 0.400. The summed E-state index contributed by atoms with van der Waals surface area (Å²) >= 11 is 6.14. The summed E-state index contributed by atoms with van der Waals surface area (Å²) in [5.41, 5.74) is 4.82. The fourth-order valence-electron chi connectivity index (χ4n) is 4.04. The molecule has 168 valence electrons. The van der Waals surface area contributed by atoms with E-state index in [1.165, 1.54) is 0 Å². The van der Waals surface area contributed by atoms with E-state index in [1.54, 1.807) is 12.1 Å². The molecule has 0 aliphatic carbocycles. The molecule has 0 unspecified atom stereocenters. The highest BCUT2D eigenvalue weighted by Crippen LogP contribution is 2.42. The molecule has 0 aliphatic rings. The molecule has 0 spiro atoms. The van der Waals surface area contributed by atoms with E-state index in [2.05, 4.69) is 4.85 Å². The van der Waals surface area contributed by atoms with Crippen molar-refractivity contribution in [2.75, 3.05) is 6.54 Å². The Kier molecular flexibility index (Phi) is 6.64. The zero-order chi connectivity index (χ0) is 23.8. The minimum absolute atomic E-state index is 0.341. The summed E-state index contributed by atoms with van der Waals surface area (Å²) in [6.07, 6.45) is -1.19.